The van der Waals surface area contributed by atoms with Crippen molar-refractivity contribution in [2.24, 2.45) is 5.92 Å². The molecule has 2 nitrogen and oxygen atoms in total. The molecule has 108 valence electrons. The molecule has 0 bridgehead atoms. The van der Waals surface area contributed by atoms with Gasteiger partial charge in [0, 0.05) is 30.7 Å². The Labute approximate surface area is 115 Å². The van der Waals surface area contributed by atoms with E-state index in [1.165, 1.54) is 38.8 Å². The number of hydrogen-bond acceptors (Lipinski definition) is 2. The van der Waals surface area contributed by atoms with Gasteiger partial charge < -0.3 is 5.32 Å². The van der Waals surface area contributed by atoms with Gasteiger partial charge in [0.2, 0.25) is 0 Å². The Kier molecular flexibility index (Phi) is 6.13. The molecule has 0 amide bonds. The van der Waals surface area contributed by atoms with Crippen LogP contribution in [0.5, 0.6) is 0 Å². The fraction of sp³-hybridized carbons (Fsp3) is 1.00. The molecule has 0 radical (unpaired) electrons. The van der Waals surface area contributed by atoms with E-state index < -0.39 is 0 Å². The lowest BCUT2D eigenvalue weighted by molar-refractivity contribution is -0.00962. The first kappa shape index (κ1) is 16.0. The van der Waals surface area contributed by atoms with Crippen LogP contribution < -0.4 is 5.32 Å². The summed E-state index contributed by atoms with van der Waals surface area (Å²) in [6, 6.07) is 1.38. The van der Waals surface area contributed by atoms with E-state index in [1.807, 2.05) is 0 Å². The highest BCUT2D eigenvalue weighted by atomic mass is 15.3. The van der Waals surface area contributed by atoms with Gasteiger partial charge in [0.25, 0.3) is 0 Å². The maximum atomic E-state index is 3.83. The molecule has 0 aromatic rings. The van der Waals surface area contributed by atoms with Crippen LogP contribution in [0.3, 0.4) is 0 Å². The summed E-state index contributed by atoms with van der Waals surface area (Å²) in [4.78, 5) is 2.81. The van der Waals surface area contributed by atoms with E-state index in [0.29, 0.717) is 17.6 Å². The number of hydrogen-bond donors (Lipinski definition) is 1. The first-order valence-electron chi connectivity index (χ1n) is 8.04. The molecule has 1 fully saturated rings. The van der Waals surface area contributed by atoms with Crippen LogP contribution in [0.1, 0.15) is 67.2 Å². The topological polar surface area (TPSA) is 15.3 Å². The Morgan fingerprint density at radius 2 is 1.72 bits per heavy atom. The molecular formula is C16H34N2. The zero-order chi connectivity index (χ0) is 13.8. The maximum absolute atomic E-state index is 3.83. The third-order valence-corrected chi connectivity index (χ3v) is 5.47. The summed E-state index contributed by atoms with van der Waals surface area (Å²) in [6.07, 6.45) is 5.05. The molecule has 3 unspecified atom stereocenters. The average Bonchev–Trinajstić information content (AvgIpc) is 2.44. The van der Waals surface area contributed by atoms with Gasteiger partial charge in [0.1, 0.15) is 0 Å². The molecule has 18 heavy (non-hydrogen) atoms. The SMILES string of the molecule is CCC(C)C1CN(C(C)CC)C(CC)(CC)CN1. The molecule has 1 aliphatic rings. The van der Waals surface area contributed by atoms with E-state index in [0.717, 1.165) is 5.92 Å². The van der Waals surface area contributed by atoms with Gasteiger partial charge in [0.15, 0.2) is 0 Å². The number of rotatable bonds is 6. The molecule has 1 saturated heterocycles. The smallest absolute Gasteiger partial charge is 0.0332 e. The van der Waals surface area contributed by atoms with Crippen molar-refractivity contribution in [2.75, 3.05) is 13.1 Å². The summed E-state index contributed by atoms with van der Waals surface area (Å²) < 4.78 is 0. The van der Waals surface area contributed by atoms with E-state index in [-0.39, 0.29) is 0 Å². The van der Waals surface area contributed by atoms with Gasteiger partial charge in [-0.3, -0.25) is 4.90 Å². The molecule has 1 aliphatic heterocycles. The Balaban J connectivity index is 2.85. The molecule has 0 spiro atoms. The second-order valence-electron chi connectivity index (χ2n) is 6.21. The molecule has 1 N–H and O–H groups in total. The summed E-state index contributed by atoms with van der Waals surface area (Å²) >= 11 is 0. The van der Waals surface area contributed by atoms with E-state index in [2.05, 4.69) is 51.8 Å². The highest BCUT2D eigenvalue weighted by Crippen LogP contribution is 2.31. The lowest BCUT2D eigenvalue weighted by Gasteiger charge is -2.53. The predicted octanol–water partition coefficient (Wildman–Crippen LogP) is 3.66. The van der Waals surface area contributed by atoms with Crippen LogP contribution in [0, 0.1) is 5.92 Å². The molecule has 0 aliphatic carbocycles. The van der Waals surface area contributed by atoms with Crippen molar-refractivity contribution in [1.82, 2.24) is 10.2 Å². The van der Waals surface area contributed by atoms with Crippen molar-refractivity contribution in [3.8, 4) is 0 Å². The lowest BCUT2D eigenvalue weighted by atomic mass is 9.83. The first-order chi connectivity index (χ1) is 8.54. The normalized spacial score (nSPS) is 28.0. The van der Waals surface area contributed by atoms with E-state index in [9.17, 15) is 0 Å². The zero-order valence-electron chi connectivity index (χ0n) is 13.4. The first-order valence-corrected chi connectivity index (χ1v) is 8.04. The Morgan fingerprint density at radius 1 is 1.11 bits per heavy atom. The molecular weight excluding hydrogens is 220 g/mol. The minimum Gasteiger partial charge on any atom is -0.311 e. The monoisotopic (exact) mass is 254 g/mol. The van der Waals surface area contributed by atoms with Crippen molar-refractivity contribution >= 4 is 0 Å². The quantitative estimate of drug-likeness (QED) is 0.778. The Bertz CT molecular complexity index is 235. The van der Waals surface area contributed by atoms with Gasteiger partial charge in [0.05, 0.1) is 0 Å². The van der Waals surface area contributed by atoms with Gasteiger partial charge in [-0.2, -0.15) is 0 Å². The second kappa shape index (κ2) is 6.91. The summed E-state index contributed by atoms with van der Waals surface area (Å²) in [6.45, 7) is 16.5. The highest BCUT2D eigenvalue weighted by Gasteiger charge is 2.41. The second-order valence-corrected chi connectivity index (χ2v) is 6.21. The number of nitrogens with zero attached hydrogens (tertiary/aromatic N) is 1. The molecule has 1 heterocycles. The molecule has 2 heteroatoms. The fourth-order valence-electron chi connectivity index (χ4n) is 3.33. The Morgan fingerprint density at radius 3 is 2.17 bits per heavy atom. The Hall–Kier alpha value is -0.0800. The van der Waals surface area contributed by atoms with Gasteiger partial charge in [-0.15, -0.1) is 0 Å². The summed E-state index contributed by atoms with van der Waals surface area (Å²) in [5.74, 6) is 0.781. The van der Waals surface area contributed by atoms with Crippen molar-refractivity contribution in [2.45, 2.75) is 84.8 Å². The van der Waals surface area contributed by atoms with Gasteiger partial charge >= 0.3 is 0 Å². The van der Waals surface area contributed by atoms with Crippen LogP contribution in [0.25, 0.3) is 0 Å². The summed E-state index contributed by atoms with van der Waals surface area (Å²) in [5, 5.41) is 3.83. The van der Waals surface area contributed by atoms with Crippen molar-refractivity contribution < 1.29 is 0 Å². The predicted molar refractivity (Wildman–Crippen MR) is 81.0 cm³/mol. The number of piperazine rings is 1. The molecule has 1 rings (SSSR count). The fourth-order valence-corrected chi connectivity index (χ4v) is 3.33. The maximum Gasteiger partial charge on any atom is 0.0332 e. The van der Waals surface area contributed by atoms with Crippen LogP contribution in [0.15, 0.2) is 0 Å². The van der Waals surface area contributed by atoms with Gasteiger partial charge in [-0.05, 0) is 32.1 Å². The molecule has 0 aromatic heterocycles. The van der Waals surface area contributed by atoms with Crippen LogP contribution >= 0.6 is 0 Å². The van der Waals surface area contributed by atoms with Gasteiger partial charge in [-0.25, -0.2) is 0 Å². The van der Waals surface area contributed by atoms with Gasteiger partial charge in [-0.1, -0.05) is 41.0 Å². The zero-order valence-corrected chi connectivity index (χ0v) is 13.4. The number of nitrogens with one attached hydrogen (secondary N) is 1. The lowest BCUT2D eigenvalue weighted by Crippen LogP contribution is -2.67. The summed E-state index contributed by atoms with van der Waals surface area (Å²) in [7, 11) is 0. The third-order valence-electron chi connectivity index (χ3n) is 5.47. The van der Waals surface area contributed by atoms with Crippen LogP contribution in [-0.2, 0) is 0 Å². The third kappa shape index (κ3) is 3.08. The van der Waals surface area contributed by atoms with Crippen molar-refractivity contribution in [3.05, 3.63) is 0 Å². The van der Waals surface area contributed by atoms with E-state index in [4.69, 9.17) is 0 Å². The minimum atomic E-state index is 0.388. The van der Waals surface area contributed by atoms with Crippen LogP contribution in [0.4, 0.5) is 0 Å². The van der Waals surface area contributed by atoms with E-state index >= 15 is 0 Å². The largest absolute Gasteiger partial charge is 0.311 e. The highest BCUT2D eigenvalue weighted by molar-refractivity contribution is 5.00. The minimum absolute atomic E-state index is 0.388. The molecule has 3 atom stereocenters. The van der Waals surface area contributed by atoms with Crippen molar-refractivity contribution in [1.29, 1.82) is 0 Å². The standard InChI is InChI=1S/C16H34N2/c1-7-13(5)15-11-18(14(6)8-2)16(9-3,10-4)12-17-15/h13-15,17H,7-12H2,1-6H3. The molecule has 0 aromatic carbocycles. The average molecular weight is 254 g/mol. The van der Waals surface area contributed by atoms with Crippen LogP contribution in [0.2, 0.25) is 0 Å². The van der Waals surface area contributed by atoms with Crippen LogP contribution in [-0.4, -0.2) is 35.6 Å². The van der Waals surface area contributed by atoms with E-state index in [1.54, 1.807) is 0 Å². The van der Waals surface area contributed by atoms with Crippen molar-refractivity contribution in [3.63, 3.8) is 0 Å². The molecule has 0 saturated carbocycles. The summed E-state index contributed by atoms with van der Waals surface area (Å²) in [5.41, 5.74) is 0.388.